The van der Waals surface area contributed by atoms with Gasteiger partial charge in [-0.15, -0.1) is 0 Å². The molecule has 3 heteroatoms. The fourth-order valence-corrected chi connectivity index (χ4v) is 1.37. The number of carbonyl (C=O) groups excluding carboxylic acids is 1. The van der Waals surface area contributed by atoms with Gasteiger partial charge < -0.3 is 9.47 Å². The highest BCUT2D eigenvalue weighted by atomic mass is 16.5. The molecule has 1 atom stereocenters. The van der Waals surface area contributed by atoms with Crippen LogP contribution in [0.15, 0.2) is 0 Å². The van der Waals surface area contributed by atoms with E-state index in [1.807, 2.05) is 0 Å². The maximum absolute atomic E-state index is 11.2. The van der Waals surface area contributed by atoms with Crippen molar-refractivity contribution >= 4 is 5.97 Å². The SMILES string of the molecule is CCCCOC(=O)CC1CCOC1. The molecule has 0 amide bonds. The lowest BCUT2D eigenvalue weighted by Crippen LogP contribution is -2.12. The zero-order chi connectivity index (χ0) is 9.52. The summed E-state index contributed by atoms with van der Waals surface area (Å²) in [5, 5.41) is 0. The second kappa shape index (κ2) is 5.97. The molecule has 1 aliphatic rings. The van der Waals surface area contributed by atoms with E-state index in [-0.39, 0.29) is 5.97 Å². The van der Waals surface area contributed by atoms with E-state index in [2.05, 4.69) is 6.92 Å². The molecular formula is C10H18O3. The van der Waals surface area contributed by atoms with E-state index in [1.165, 1.54) is 0 Å². The van der Waals surface area contributed by atoms with E-state index >= 15 is 0 Å². The average Bonchev–Trinajstić information content (AvgIpc) is 2.57. The van der Waals surface area contributed by atoms with Crippen LogP contribution in [0.5, 0.6) is 0 Å². The van der Waals surface area contributed by atoms with E-state index in [0.29, 0.717) is 18.9 Å². The van der Waals surface area contributed by atoms with Crippen LogP contribution < -0.4 is 0 Å². The molecule has 13 heavy (non-hydrogen) atoms. The molecule has 0 aromatic carbocycles. The number of carbonyl (C=O) groups is 1. The molecule has 0 bridgehead atoms. The Labute approximate surface area is 79.4 Å². The Morgan fingerprint density at radius 3 is 3.08 bits per heavy atom. The normalized spacial score (nSPS) is 21.8. The van der Waals surface area contributed by atoms with Gasteiger partial charge in [0.2, 0.25) is 0 Å². The maximum atomic E-state index is 11.2. The number of hydrogen-bond donors (Lipinski definition) is 0. The third-order valence-corrected chi connectivity index (χ3v) is 2.24. The molecule has 0 N–H and O–H groups in total. The lowest BCUT2D eigenvalue weighted by Gasteiger charge is -2.07. The van der Waals surface area contributed by atoms with Crippen molar-refractivity contribution in [1.29, 1.82) is 0 Å². The first-order valence-corrected chi connectivity index (χ1v) is 5.06. The second-order valence-corrected chi connectivity index (χ2v) is 3.51. The van der Waals surface area contributed by atoms with Crippen LogP contribution in [0.1, 0.15) is 32.6 Å². The predicted octanol–water partition coefficient (Wildman–Crippen LogP) is 1.76. The largest absolute Gasteiger partial charge is 0.466 e. The van der Waals surface area contributed by atoms with Crippen molar-refractivity contribution in [3.05, 3.63) is 0 Å². The van der Waals surface area contributed by atoms with Crippen molar-refractivity contribution in [3.63, 3.8) is 0 Å². The molecule has 1 unspecified atom stereocenters. The molecule has 3 nitrogen and oxygen atoms in total. The Kier molecular flexibility index (Phi) is 4.83. The zero-order valence-corrected chi connectivity index (χ0v) is 8.25. The monoisotopic (exact) mass is 186 g/mol. The number of esters is 1. The fourth-order valence-electron chi connectivity index (χ4n) is 1.37. The van der Waals surface area contributed by atoms with Gasteiger partial charge in [0.25, 0.3) is 0 Å². The molecule has 0 spiro atoms. The third kappa shape index (κ3) is 4.27. The minimum atomic E-state index is -0.0658. The molecule has 1 fully saturated rings. The first-order chi connectivity index (χ1) is 6.33. The summed E-state index contributed by atoms with van der Waals surface area (Å²) >= 11 is 0. The van der Waals surface area contributed by atoms with Crippen LogP contribution >= 0.6 is 0 Å². The fraction of sp³-hybridized carbons (Fsp3) is 0.900. The van der Waals surface area contributed by atoms with Crippen LogP contribution in [-0.2, 0) is 14.3 Å². The van der Waals surface area contributed by atoms with Crippen LogP contribution in [0, 0.1) is 5.92 Å². The van der Waals surface area contributed by atoms with Gasteiger partial charge in [0.1, 0.15) is 0 Å². The van der Waals surface area contributed by atoms with Gasteiger partial charge in [0.15, 0.2) is 0 Å². The quantitative estimate of drug-likeness (QED) is 0.485. The van der Waals surface area contributed by atoms with Gasteiger partial charge in [-0.25, -0.2) is 0 Å². The third-order valence-electron chi connectivity index (χ3n) is 2.24. The van der Waals surface area contributed by atoms with Gasteiger partial charge >= 0.3 is 5.97 Å². The number of unbranched alkanes of at least 4 members (excludes halogenated alkanes) is 1. The number of ether oxygens (including phenoxy) is 2. The van der Waals surface area contributed by atoms with Crippen LogP contribution in [0.4, 0.5) is 0 Å². The number of hydrogen-bond acceptors (Lipinski definition) is 3. The molecule has 1 aliphatic heterocycles. The smallest absolute Gasteiger partial charge is 0.306 e. The topological polar surface area (TPSA) is 35.5 Å². The van der Waals surface area contributed by atoms with Crippen LogP contribution in [-0.4, -0.2) is 25.8 Å². The Bertz CT molecular complexity index is 150. The lowest BCUT2D eigenvalue weighted by molar-refractivity contribution is -0.144. The van der Waals surface area contributed by atoms with Crippen molar-refractivity contribution in [2.45, 2.75) is 32.6 Å². The first-order valence-electron chi connectivity index (χ1n) is 5.06. The highest BCUT2D eigenvalue weighted by Crippen LogP contribution is 2.16. The van der Waals surface area contributed by atoms with Crippen LogP contribution in [0.2, 0.25) is 0 Å². The minimum absolute atomic E-state index is 0.0658. The molecule has 1 saturated heterocycles. The van der Waals surface area contributed by atoms with Crippen molar-refractivity contribution in [2.24, 2.45) is 5.92 Å². The molecule has 1 heterocycles. The summed E-state index contributed by atoms with van der Waals surface area (Å²) in [5.74, 6) is 0.332. The Hall–Kier alpha value is -0.570. The lowest BCUT2D eigenvalue weighted by atomic mass is 10.1. The summed E-state index contributed by atoms with van der Waals surface area (Å²) in [6.07, 6.45) is 3.57. The van der Waals surface area contributed by atoms with Crippen molar-refractivity contribution in [1.82, 2.24) is 0 Å². The summed E-state index contributed by atoms with van der Waals surface area (Å²) in [6.45, 7) is 4.18. The van der Waals surface area contributed by atoms with E-state index in [1.54, 1.807) is 0 Å². The van der Waals surface area contributed by atoms with Gasteiger partial charge in [0.05, 0.1) is 19.6 Å². The van der Waals surface area contributed by atoms with Crippen molar-refractivity contribution in [3.8, 4) is 0 Å². The van der Waals surface area contributed by atoms with Gasteiger partial charge in [-0.3, -0.25) is 4.79 Å². The van der Waals surface area contributed by atoms with Gasteiger partial charge in [0, 0.05) is 6.61 Å². The molecule has 76 valence electrons. The average molecular weight is 186 g/mol. The number of rotatable bonds is 5. The standard InChI is InChI=1S/C10H18O3/c1-2-3-5-13-10(11)7-9-4-6-12-8-9/h9H,2-8H2,1H3. The van der Waals surface area contributed by atoms with Crippen LogP contribution in [0.25, 0.3) is 0 Å². The van der Waals surface area contributed by atoms with Crippen molar-refractivity contribution < 1.29 is 14.3 Å². The molecule has 1 rings (SSSR count). The molecule has 0 aromatic heterocycles. The maximum Gasteiger partial charge on any atom is 0.306 e. The Balaban J connectivity index is 2.02. The first kappa shape index (κ1) is 10.5. The second-order valence-electron chi connectivity index (χ2n) is 3.51. The van der Waals surface area contributed by atoms with E-state index in [4.69, 9.17) is 9.47 Å². The highest BCUT2D eigenvalue weighted by molar-refractivity contribution is 5.69. The molecular weight excluding hydrogens is 168 g/mol. The zero-order valence-electron chi connectivity index (χ0n) is 8.25. The Morgan fingerprint density at radius 1 is 1.62 bits per heavy atom. The summed E-state index contributed by atoms with van der Waals surface area (Å²) in [5.41, 5.74) is 0. The highest BCUT2D eigenvalue weighted by Gasteiger charge is 2.19. The molecule has 0 saturated carbocycles. The van der Waals surface area contributed by atoms with Gasteiger partial charge in [-0.05, 0) is 18.8 Å². The Morgan fingerprint density at radius 2 is 2.46 bits per heavy atom. The van der Waals surface area contributed by atoms with Gasteiger partial charge in [-0.2, -0.15) is 0 Å². The molecule has 0 aliphatic carbocycles. The molecule has 0 radical (unpaired) electrons. The molecule has 0 aromatic rings. The van der Waals surface area contributed by atoms with E-state index in [9.17, 15) is 4.79 Å². The summed E-state index contributed by atoms with van der Waals surface area (Å²) in [7, 11) is 0. The van der Waals surface area contributed by atoms with E-state index < -0.39 is 0 Å². The summed E-state index contributed by atoms with van der Waals surface area (Å²) < 4.78 is 10.2. The predicted molar refractivity (Wildman–Crippen MR) is 49.4 cm³/mol. The van der Waals surface area contributed by atoms with E-state index in [0.717, 1.165) is 32.5 Å². The van der Waals surface area contributed by atoms with Gasteiger partial charge in [-0.1, -0.05) is 13.3 Å². The van der Waals surface area contributed by atoms with Crippen molar-refractivity contribution in [2.75, 3.05) is 19.8 Å². The summed E-state index contributed by atoms with van der Waals surface area (Å²) in [4.78, 5) is 11.2. The van der Waals surface area contributed by atoms with Crippen LogP contribution in [0.3, 0.4) is 0 Å². The summed E-state index contributed by atoms with van der Waals surface area (Å²) in [6, 6.07) is 0. The minimum Gasteiger partial charge on any atom is -0.466 e.